The monoisotopic (exact) mass is 339 g/mol. The Bertz CT molecular complexity index is 446. The molecule has 1 aliphatic heterocycles. The number of nitrogens with zero attached hydrogens (tertiary/aromatic N) is 1. The average Bonchev–Trinajstić information content (AvgIpc) is 2.40. The van der Waals surface area contributed by atoms with E-state index in [2.05, 4.69) is 4.90 Å². The Morgan fingerprint density at radius 2 is 1.81 bits per heavy atom. The van der Waals surface area contributed by atoms with Gasteiger partial charge in [0.25, 0.3) is 0 Å². The first-order valence-corrected chi connectivity index (χ1v) is 9.27. The van der Waals surface area contributed by atoms with Crippen LogP contribution in [0.3, 0.4) is 0 Å². The summed E-state index contributed by atoms with van der Waals surface area (Å²) in [5.74, 6) is -0.485. The smallest absolute Gasteiger partial charge is 0.303 e. The number of halogens is 1. The van der Waals surface area contributed by atoms with E-state index in [1.165, 1.54) is 0 Å². The van der Waals surface area contributed by atoms with Gasteiger partial charge in [0.05, 0.1) is 10.5 Å². The highest BCUT2D eigenvalue weighted by Gasteiger charge is 2.47. The summed E-state index contributed by atoms with van der Waals surface area (Å²) in [5.41, 5.74) is 0. The fourth-order valence-electron chi connectivity index (χ4n) is 3.52. The minimum atomic E-state index is -2.96. The van der Waals surface area contributed by atoms with Crippen molar-refractivity contribution >= 4 is 28.2 Å². The first-order chi connectivity index (χ1) is 9.45. The molecule has 0 unspecified atom stereocenters. The Morgan fingerprint density at radius 1 is 1.14 bits per heavy atom. The third kappa shape index (κ3) is 4.57. The Morgan fingerprint density at radius 3 is 2.43 bits per heavy atom. The molecule has 21 heavy (non-hydrogen) atoms. The van der Waals surface area contributed by atoms with E-state index < -0.39 is 20.6 Å². The molecular weight excluding hydrogens is 314 g/mol. The summed E-state index contributed by atoms with van der Waals surface area (Å²) >= 11 is 0. The molecule has 1 heterocycles. The molecule has 1 saturated heterocycles. The highest BCUT2D eigenvalue weighted by Crippen LogP contribution is 2.38. The van der Waals surface area contributed by atoms with Crippen LogP contribution < -0.4 is 0 Å². The molecule has 1 aliphatic carbocycles. The van der Waals surface area contributed by atoms with Gasteiger partial charge in [-0.2, -0.15) is 0 Å². The quantitative estimate of drug-likeness (QED) is 0.776. The van der Waals surface area contributed by atoms with Gasteiger partial charge in [0.15, 0.2) is 9.84 Å². The summed E-state index contributed by atoms with van der Waals surface area (Å²) in [6.45, 7) is 2.09. The number of carboxylic acids is 1. The molecule has 2 aliphatic rings. The summed E-state index contributed by atoms with van der Waals surface area (Å²) in [6.07, 6.45) is 6.52. The lowest BCUT2D eigenvalue weighted by Crippen LogP contribution is -2.57. The minimum Gasteiger partial charge on any atom is -0.481 e. The number of hydrogen-bond acceptors (Lipinski definition) is 4. The van der Waals surface area contributed by atoms with Gasteiger partial charge in [-0.3, -0.25) is 4.79 Å². The molecule has 2 rings (SSSR count). The largest absolute Gasteiger partial charge is 0.481 e. The predicted molar refractivity (Wildman–Crippen MR) is 84.8 cm³/mol. The molecular formula is C14H26ClNO4S. The van der Waals surface area contributed by atoms with Crippen molar-refractivity contribution < 1.29 is 18.3 Å². The van der Waals surface area contributed by atoms with E-state index in [0.717, 1.165) is 45.1 Å². The van der Waals surface area contributed by atoms with Crippen molar-refractivity contribution in [3.8, 4) is 0 Å². The lowest BCUT2D eigenvalue weighted by Gasteiger charge is -2.44. The highest BCUT2D eigenvalue weighted by atomic mass is 35.5. The van der Waals surface area contributed by atoms with Crippen LogP contribution in [-0.2, 0) is 14.6 Å². The highest BCUT2D eigenvalue weighted by molar-refractivity contribution is 7.92. The van der Waals surface area contributed by atoms with Gasteiger partial charge in [-0.15, -0.1) is 12.4 Å². The molecule has 0 aromatic rings. The maximum atomic E-state index is 12.4. The van der Waals surface area contributed by atoms with E-state index in [1.54, 1.807) is 0 Å². The maximum absolute atomic E-state index is 12.4. The second-order valence-corrected chi connectivity index (χ2v) is 8.69. The Hall–Kier alpha value is -0.330. The Balaban J connectivity index is 0.00000220. The van der Waals surface area contributed by atoms with E-state index in [0.29, 0.717) is 19.5 Å². The van der Waals surface area contributed by atoms with Crippen LogP contribution in [0.25, 0.3) is 0 Å². The normalized spacial score (nSPS) is 24.4. The van der Waals surface area contributed by atoms with E-state index in [4.69, 9.17) is 5.11 Å². The molecule has 1 N–H and O–H groups in total. The van der Waals surface area contributed by atoms with Crippen molar-refractivity contribution in [2.75, 3.05) is 25.4 Å². The summed E-state index contributed by atoms with van der Waals surface area (Å²) < 4.78 is 24.3. The van der Waals surface area contributed by atoms with Crippen molar-refractivity contribution in [2.45, 2.75) is 56.1 Å². The molecule has 0 amide bonds. The second-order valence-electron chi connectivity index (χ2n) is 6.19. The fourth-order valence-corrected chi connectivity index (χ4v) is 5.74. The predicted octanol–water partition coefficient (Wildman–Crippen LogP) is 2.10. The van der Waals surface area contributed by atoms with Crippen LogP contribution in [0.2, 0.25) is 0 Å². The number of sulfone groups is 1. The van der Waals surface area contributed by atoms with E-state index in [9.17, 15) is 13.2 Å². The topological polar surface area (TPSA) is 74.7 Å². The van der Waals surface area contributed by atoms with Gasteiger partial charge >= 0.3 is 5.97 Å². The van der Waals surface area contributed by atoms with Gasteiger partial charge in [0.1, 0.15) is 0 Å². The molecule has 5 nitrogen and oxygen atoms in total. The zero-order valence-electron chi connectivity index (χ0n) is 12.4. The summed E-state index contributed by atoms with van der Waals surface area (Å²) in [6, 6.07) is 0. The van der Waals surface area contributed by atoms with E-state index in [-0.39, 0.29) is 24.6 Å². The molecule has 1 saturated carbocycles. The van der Waals surface area contributed by atoms with Gasteiger partial charge in [-0.1, -0.05) is 19.3 Å². The van der Waals surface area contributed by atoms with Gasteiger partial charge in [0.2, 0.25) is 0 Å². The van der Waals surface area contributed by atoms with Crippen molar-refractivity contribution in [1.82, 2.24) is 4.90 Å². The Labute approximate surface area is 133 Å². The van der Waals surface area contributed by atoms with Gasteiger partial charge in [0, 0.05) is 19.5 Å². The number of rotatable bonds is 5. The minimum absolute atomic E-state index is 0. The first kappa shape index (κ1) is 18.7. The molecule has 0 aromatic carbocycles. The zero-order chi connectivity index (χ0) is 14.6. The van der Waals surface area contributed by atoms with E-state index in [1.807, 2.05) is 0 Å². The fraction of sp³-hybridized carbons (Fsp3) is 0.929. The number of carboxylic acid groups (broad SMARTS) is 1. The lowest BCUT2D eigenvalue weighted by atomic mass is 9.87. The maximum Gasteiger partial charge on any atom is 0.303 e. The lowest BCUT2D eigenvalue weighted by molar-refractivity contribution is -0.137. The number of hydrogen-bond donors (Lipinski definition) is 1. The van der Waals surface area contributed by atoms with Crippen LogP contribution in [0.15, 0.2) is 0 Å². The summed E-state index contributed by atoms with van der Waals surface area (Å²) in [7, 11) is -2.96. The molecule has 0 atom stereocenters. The van der Waals surface area contributed by atoms with Crippen LogP contribution in [0.1, 0.15) is 51.4 Å². The van der Waals surface area contributed by atoms with Crippen LogP contribution >= 0.6 is 12.4 Å². The first-order valence-electron chi connectivity index (χ1n) is 7.62. The molecule has 1 spiro atoms. The van der Waals surface area contributed by atoms with Gasteiger partial charge < -0.3 is 10.0 Å². The number of carbonyl (C=O) groups is 1. The SMILES string of the molecule is Cl.O=C(O)CCCCN1CCS(=O)(=O)C2(CCCCC2)C1. The third-order valence-electron chi connectivity index (χ3n) is 4.73. The van der Waals surface area contributed by atoms with Gasteiger partial charge in [-0.05, 0) is 32.2 Å². The van der Waals surface area contributed by atoms with Crippen LogP contribution in [0, 0.1) is 0 Å². The summed E-state index contributed by atoms with van der Waals surface area (Å²) in [4.78, 5) is 12.7. The summed E-state index contributed by atoms with van der Waals surface area (Å²) in [5, 5.41) is 8.62. The van der Waals surface area contributed by atoms with Crippen LogP contribution in [-0.4, -0.2) is 54.5 Å². The van der Waals surface area contributed by atoms with E-state index >= 15 is 0 Å². The molecule has 0 radical (unpaired) electrons. The molecule has 7 heteroatoms. The molecule has 0 bridgehead atoms. The standard InChI is InChI=1S/C14H25NO4S.ClH/c16-13(17)6-2-5-9-15-10-11-20(18,19)14(12-15)7-3-1-4-8-14;/h1-12H2,(H,16,17);1H. The average molecular weight is 340 g/mol. The van der Waals surface area contributed by atoms with Crippen molar-refractivity contribution in [2.24, 2.45) is 0 Å². The zero-order valence-corrected chi connectivity index (χ0v) is 14.1. The number of unbranched alkanes of at least 4 members (excludes halogenated alkanes) is 1. The molecule has 0 aromatic heterocycles. The number of aliphatic carboxylic acids is 1. The van der Waals surface area contributed by atoms with Crippen molar-refractivity contribution in [3.63, 3.8) is 0 Å². The van der Waals surface area contributed by atoms with Gasteiger partial charge in [-0.25, -0.2) is 8.42 Å². The molecule has 124 valence electrons. The van der Waals surface area contributed by atoms with Crippen molar-refractivity contribution in [1.29, 1.82) is 0 Å². The Kier molecular flexibility index (Phi) is 6.94. The van der Waals surface area contributed by atoms with Crippen LogP contribution in [0.5, 0.6) is 0 Å². The third-order valence-corrected chi connectivity index (χ3v) is 7.30. The second kappa shape index (κ2) is 7.79. The molecule has 2 fully saturated rings. The van der Waals surface area contributed by atoms with Crippen LogP contribution in [0.4, 0.5) is 0 Å². The van der Waals surface area contributed by atoms with Crippen molar-refractivity contribution in [3.05, 3.63) is 0 Å².